The number of rotatable bonds is 1. The van der Waals surface area contributed by atoms with E-state index in [4.69, 9.17) is 0 Å². The van der Waals surface area contributed by atoms with Crippen molar-refractivity contribution in [3.63, 3.8) is 0 Å². The van der Waals surface area contributed by atoms with Crippen molar-refractivity contribution in [1.82, 2.24) is 0 Å². The van der Waals surface area contributed by atoms with Crippen LogP contribution in [0, 0.1) is 0 Å². The van der Waals surface area contributed by atoms with Gasteiger partial charge >= 0.3 is 0 Å². The Morgan fingerprint density at radius 2 is 2.18 bits per heavy atom. The van der Waals surface area contributed by atoms with E-state index in [9.17, 15) is 5.21 Å². The predicted molar refractivity (Wildman–Crippen MR) is 43.5 cm³/mol. The smallest absolute Gasteiger partial charge is 0.284 e. The number of hydrogen-bond acceptors (Lipinski definition) is 1. The average molecular weight is 215 g/mol. The van der Waals surface area contributed by atoms with Crippen molar-refractivity contribution >= 4 is 15.9 Å². The maximum absolute atomic E-state index is 9.25. The van der Waals surface area contributed by atoms with Crippen molar-refractivity contribution < 1.29 is 9.94 Å². The molecular formula is C8H9BrNO+. The summed E-state index contributed by atoms with van der Waals surface area (Å²) in [5.41, 5.74) is 1.23. The van der Waals surface area contributed by atoms with Gasteiger partial charge in [0.1, 0.15) is 0 Å². The molecule has 1 aromatic rings. The van der Waals surface area contributed by atoms with Crippen molar-refractivity contribution in [1.29, 1.82) is 0 Å². The molecule has 0 aromatic carbocycles. The second-order valence-electron chi connectivity index (χ2n) is 2.90. The highest BCUT2D eigenvalue weighted by Crippen LogP contribution is 2.39. The van der Waals surface area contributed by atoms with E-state index in [1.165, 1.54) is 18.4 Å². The van der Waals surface area contributed by atoms with E-state index < -0.39 is 0 Å². The SMILES string of the molecule is O[n+]1cc(C2CC2)ccc1Br. The van der Waals surface area contributed by atoms with E-state index in [-0.39, 0.29) is 0 Å². The molecule has 2 nitrogen and oxygen atoms in total. The van der Waals surface area contributed by atoms with E-state index in [2.05, 4.69) is 22.0 Å². The minimum absolute atomic E-state index is 0.696. The third-order valence-corrected chi connectivity index (χ3v) is 2.58. The fourth-order valence-electron chi connectivity index (χ4n) is 1.15. The van der Waals surface area contributed by atoms with Crippen LogP contribution in [0.4, 0.5) is 0 Å². The summed E-state index contributed by atoms with van der Waals surface area (Å²) in [4.78, 5) is 0. The zero-order valence-corrected chi connectivity index (χ0v) is 7.58. The lowest BCUT2D eigenvalue weighted by Gasteiger charge is -1.92. The molecule has 1 aliphatic carbocycles. The number of aromatic nitrogens is 1. The summed E-state index contributed by atoms with van der Waals surface area (Å²) >= 11 is 3.21. The second-order valence-corrected chi connectivity index (χ2v) is 3.72. The van der Waals surface area contributed by atoms with Gasteiger partial charge in [-0.1, -0.05) is 0 Å². The van der Waals surface area contributed by atoms with E-state index in [0.717, 1.165) is 4.73 Å². The van der Waals surface area contributed by atoms with E-state index in [1.807, 2.05) is 6.07 Å². The molecule has 0 atom stereocenters. The molecule has 1 saturated carbocycles. The van der Waals surface area contributed by atoms with E-state index >= 15 is 0 Å². The lowest BCUT2D eigenvalue weighted by atomic mass is 10.2. The predicted octanol–water partition coefficient (Wildman–Crippen LogP) is 1.85. The van der Waals surface area contributed by atoms with Crippen LogP contribution in [-0.4, -0.2) is 5.21 Å². The normalized spacial score (nSPS) is 16.8. The van der Waals surface area contributed by atoms with Crippen molar-refractivity contribution in [2.75, 3.05) is 0 Å². The first-order valence-electron chi connectivity index (χ1n) is 3.68. The lowest BCUT2D eigenvalue weighted by Crippen LogP contribution is -2.31. The molecule has 0 radical (unpaired) electrons. The Balaban J connectivity index is 2.36. The lowest BCUT2D eigenvalue weighted by molar-refractivity contribution is -0.913. The van der Waals surface area contributed by atoms with Crippen molar-refractivity contribution in [3.05, 3.63) is 28.5 Å². The molecule has 0 aliphatic heterocycles. The zero-order valence-electron chi connectivity index (χ0n) is 6.00. The van der Waals surface area contributed by atoms with E-state index in [1.54, 1.807) is 6.20 Å². The second kappa shape index (κ2) is 2.48. The van der Waals surface area contributed by atoms with Crippen molar-refractivity contribution in [3.8, 4) is 0 Å². The molecule has 11 heavy (non-hydrogen) atoms. The summed E-state index contributed by atoms with van der Waals surface area (Å²) < 4.78 is 1.81. The van der Waals surface area contributed by atoms with Gasteiger partial charge in [0.2, 0.25) is 6.20 Å². The molecule has 0 saturated heterocycles. The van der Waals surface area contributed by atoms with Gasteiger partial charge in [-0.3, -0.25) is 5.21 Å². The summed E-state index contributed by atoms with van der Waals surface area (Å²) in [5, 5.41) is 9.25. The Labute approximate surface area is 73.6 Å². The summed E-state index contributed by atoms with van der Waals surface area (Å²) in [5.74, 6) is 0.696. The van der Waals surface area contributed by atoms with Gasteiger partial charge in [0.25, 0.3) is 4.60 Å². The Morgan fingerprint density at radius 3 is 2.73 bits per heavy atom. The quantitative estimate of drug-likeness (QED) is 0.431. The molecule has 2 rings (SSSR count). The Hall–Kier alpha value is -0.570. The first-order chi connectivity index (χ1) is 5.27. The van der Waals surface area contributed by atoms with Gasteiger partial charge in [-0.25, -0.2) is 0 Å². The number of hydrogen-bond donors (Lipinski definition) is 1. The third-order valence-electron chi connectivity index (χ3n) is 1.95. The van der Waals surface area contributed by atoms with Crippen LogP contribution in [0.3, 0.4) is 0 Å². The molecule has 0 amide bonds. The number of nitrogens with zero attached hydrogens (tertiary/aromatic N) is 1. The Kier molecular flexibility index (Phi) is 1.60. The summed E-state index contributed by atoms with van der Waals surface area (Å²) in [6.07, 6.45) is 4.30. The number of halogens is 1. The first-order valence-corrected chi connectivity index (χ1v) is 4.47. The van der Waals surface area contributed by atoms with Crippen LogP contribution in [0.15, 0.2) is 22.9 Å². The summed E-state index contributed by atoms with van der Waals surface area (Å²) in [7, 11) is 0. The standard InChI is InChI=1S/C8H9BrNO/c9-8-4-3-7(5-10(8)11)6-1-2-6/h3-6,11H,1-2H2/q+1. The molecule has 1 N–H and O–H groups in total. The van der Waals surface area contributed by atoms with Crippen LogP contribution < -0.4 is 4.73 Å². The van der Waals surface area contributed by atoms with Crippen LogP contribution in [0.5, 0.6) is 0 Å². The summed E-state index contributed by atoms with van der Waals surface area (Å²) in [6, 6.07) is 3.92. The molecule has 0 spiro atoms. The molecule has 1 aromatic heterocycles. The highest BCUT2D eigenvalue weighted by atomic mass is 79.9. The maximum Gasteiger partial charge on any atom is 0.298 e. The molecule has 0 unspecified atom stereocenters. The highest BCUT2D eigenvalue weighted by Gasteiger charge is 2.26. The molecule has 58 valence electrons. The molecule has 0 bridgehead atoms. The third kappa shape index (κ3) is 1.38. The van der Waals surface area contributed by atoms with Crippen LogP contribution in [0.25, 0.3) is 0 Å². The maximum atomic E-state index is 9.25. The van der Waals surface area contributed by atoms with Crippen molar-refractivity contribution in [2.24, 2.45) is 0 Å². The van der Waals surface area contributed by atoms with Gasteiger partial charge in [-0.15, -0.1) is 0 Å². The zero-order chi connectivity index (χ0) is 7.84. The van der Waals surface area contributed by atoms with E-state index in [0.29, 0.717) is 10.5 Å². The molecule has 1 heterocycles. The van der Waals surface area contributed by atoms with Crippen molar-refractivity contribution in [2.45, 2.75) is 18.8 Å². The minimum atomic E-state index is 0.696. The monoisotopic (exact) mass is 214 g/mol. The van der Waals surface area contributed by atoms with Gasteiger partial charge in [0.15, 0.2) is 0 Å². The molecular weight excluding hydrogens is 206 g/mol. The Morgan fingerprint density at radius 1 is 1.45 bits per heavy atom. The van der Waals surface area contributed by atoms with Gasteiger partial charge in [0, 0.05) is 32.3 Å². The molecule has 1 fully saturated rings. The van der Waals surface area contributed by atoms with Crippen LogP contribution in [-0.2, 0) is 0 Å². The van der Waals surface area contributed by atoms with Crippen LogP contribution in [0.2, 0.25) is 0 Å². The average Bonchev–Trinajstić information content (AvgIpc) is 2.77. The minimum Gasteiger partial charge on any atom is -0.284 e. The van der Waals surface area contributed by atoms with Gasteiger partial charge in [0.05, 0.1) is 0 Å². The van der Waals surface area contributed by atoms with Gasteiger partial charge < -0.3 is 0 Å². The number of pyridine rings is 1. The Bertz CT molecular complexity index is 283. The first kappa shape index (κ1) is 7.10. The molecule has 1 aliphatic rings. The topological polar surface area (TPSA) is 24.1 Å². The molecule has 3 heteroatoms. The largest absolute Gasteiger partial charge is 0.298 e. The fraction of sp³-hybridized carbons (Fsp3) is 0.375. The van der Waals surface area contributed by atoms with Gasteiger partial charge in [-0.2, -0.15) is 0 Å². The van der Waals surface area contributed by atoms with Crippen LogP contribution >= 0.6 is 15.9 Å². The van der Waals surface area contributed by atoms with Gasteiger partial charge in [-0.05, 0) is 24.8 Å². The summed E-state index contributed by atoms with van der Waals surface area (Å²) in [6.45, 7) is 0. The fourth-order valence-corrected chi connectivity index (χ4v) is 1.38. The highest BCUT2D eigenvalue weighted by molar-refractivity contribution is 9.10. The van der Waals surface area contributed by atoms with Crippen LogP contribution in [0.1, 0.15) is 24.3 Å².